The van der Waals surface area contributed by atoms with Crippen LogP contribution in [0.1, 0.15) is 206 Å². The van der Waals surface area contributed by atoms with Gasteiger partial charge in [0.1, 0.15) is 6.61 Å². The van der Waals surface area contributed by atoms with Gasteiger partial charge in [-0.1, -0.05) is 167 Å². The molecule has 1 unspecified atom stereocenters. The Hall–Kier alpha value is -1.25. The summed E-state index contributed by atoms with van der Waals surface area (Å²) in [6, 6.07) is 0. The fraction of sp³-hybridized carbons (Fsp3) is 0.902. The molecule has 9 nitrogen and oxygen atoms in total. The van der Waals surface area contributed by atoms with Gasteiger partial charge in [0.15, 0.2) is 6.10 Å². The summed E-state index contributed by atoms with van der Waals surface area (Å²) in [4.78, 5) is 34.8. The van der Waals surface area contributed by atoms with Gasteiger partial charge in [-0.15, -0.1) is 0 Å². The third-order valence-corrected chi connectivity index (χ3v) is 10.1. The summed E-state index contributed by atoms with van der Waals surface area (Å²) in [6.07, 6.45) is 38.1. The van der Waals surface area contributed by atoms with Crippen molar-refractivity contribution in [2.75, 3.05) is 26.4 Å². The van der Waals surface area contributed by atoms with Crippen LogP contribution in [0.5, 0.6) is 0 Å². The van der Waals surface area contributed by atoms with E-state index in [0.29, 0.717) is 6.42 Å². The second kappa shape index (κ2) is 38.5. The van der Waals surface area contributed by atoms with Crippen molar-refractivity contribution in [3.05, 3.63) is 12.2 Å². The largest absolute Gasteiger partial charge is 0.472 e. The van der Waals surface area contributed by atoms with Crippen molar-refractivity contribution in [3.8, 4) is 0 Å². The van der Waals surface area contributed by atoms with E-state index < -0.39 is 26.5 Å². The molecule has 0 aromatic rings. The Morgan fingerprint density at radius 1 is 0.569 bits per heavy atom. The number of hydrogen-bond acceptors (Lipinski definition) is 8. The Balaban J connectivity index is 4.10. The second-order valence-corrected chi connectivity index (χ2v) is 15.7. The number of phosphoric ester groups is 1. The summed E-state index contributed by atoms with van der Waals surface area (Å²) < 4.78 is 32.7. The maximum Gasteiger partial charge on any atom is 0.472 e. The van der Waals surface area contributed by atoms with Crippen LogP contribution < -0.4 is 5.73 Å². The topological polar surface area (TPSA) is 134 Å². The standard InChI is InChI=1S/C41H80NO8P/c1-3-5-7-9-11-13-15-17-18-19-20-21-22-24-25-27-29-31-33-40(43)47-37-39(38-49-51(45,46)48-36-35-42)50-41(44)34-32-30-28-26-23-16-14-12-10-8-6-4-2/h12,14,39H,3-11,13,15-38,42H2,1-2H3,(H,45,46)/b14-12-/t39-/m1/s1. The van der Waals surface area contributed by atoms with Crippen molar-refractivity contribution < 1.29 is 37.6 Å². The lowest BCUT2D eigenvalue weighted by molar-refractivity contribution is -0.161. The van der Waals surface area contributed by atoms with Gasteiger partial charge >= 0.3 is 19.8 Å². The Bertz CT molecular complexity index is 856. The lowest BCUT2D eigenvalue weighted by atomic mass is 10.0. The highest BCUT2D eigenvalue weighted by molar-refractivity contribution is 7.47. The second-order valence-electron chi connectivity index (χ2n) is 14.2. The number of carbonyl (C=O) groups excluding carboxylic acids is 2. The molecule has 0 aliphatic carbocycles. The maximum absolute atomic E-state index is 12.5. The quantitative estimate of drug-likeness (QED) is 0.0272. The number of rotatable bonds is 40. The van der Waals surface area contributed by atoms with E-state index in [-0.39, 0.29) is 38.6 Å². The van der Waals surface area contributed by atoms with Crippen molar-refractivity contribution in [2.45, 2.75) is 213 Å². The van der Waals surface area contributed by atoms with E-state index in [4.69, 9.17) is 24.3 Å². The molecule has 0 spiro atoms. The molecule has 0 amide bonds. The van der Waals surface area contributed by atoms with Crippen LogP contribution in [-0.2, 0) is 32.7 Å². The van der Waals surface area contributed by atoms with E-state index in [0.717, 1.165) is 57.8 Å². The number of esters is 2. The molecule has 3 N–H and O–H groups in total. The third-order valence-electron chi connectivity index (χ3n) is 9.15. The van der Waals surface area contributed by atoms with Gasteiger partial charge < -0.3 is 20.1 Å². The van der Waals surface area contributed by atoms with Crippen LogP contribution in [0.15, 0.2) is 12.2 Å². The number of phosphoric acid groups is 1. The highest BCUT2D eigenvalue weighted by Gasteiger charge is 2.26. The molecule has 0 radical (unpaired) electrons. The van der Waals surface area contributed by atoms with Crippen LogP contribution >= 0.6 is 7.82 Å². The molecule has 0 aliphatic heterocycles. The monoisotopic (exact) mass is 746 g/mol. The van der Waals surface area contributed by atoms with Crippen LogP contribution in [-0.4, -0.2) is 49.3 Å². The zero-order valence-electron chi connectivity index (χ0n) is 33.1. The van der Waals surface area contributed by atoms with Gasteiger partial charge in [0.05, 0.1) is 13.2 Å². The molecular formula is C41H80NO8P. The molecule has 2 atom stereocenters. The smallest absolute Gasteiger partial charge is 0.462 e. The highest BCUT2D eigenvalue weighted by atomic mass is 31.2. The van der Waals surface area contributed by atoms with Crippen LogP contribution in [0, 0.1) is 0 Å². The first-order valence-electron chi connectivity index (χ1n) is 21.2. The van der Waals surface area contributed by atoms with Crippen LogP contribution in [0.2, 0.25) is 0 Å². The molecule has 0 bridgehead atoms. The van der Waals surface area contributed by atoms with Gasteiger partial charge in [0.2, 0.25) is 0 Å². The molecule has 51 heavy (non-hydrogen) atoms. The van der Waals surface area contributed by atoms with Crippen LogP contribution in [0.25, 0.3) is 0 Å². The predicted octanol–water partition coefficient (Wildman–Crippen LogP) is 11.8. The summed E-state index contributed by atoms with van der Waals surface area (Å²) in [5, 5.41) is 0. The summed E-state index contributed by atoms with van der Waals surface area (Å²) in [6.45, 7) is 3.72. The molecule has 0 rings (SSSR count). The van der Waals surface area contributed by atoms with Crippen molar-refractivity contribution in [3.63, 3.8) is 0 Å². The Kier molecular flexibility index (Phi) is 37.5. The van der Waals surface area contributed by atoms with Gasteiger partial charge in [-0.25, -0.2) is 4.57 Å². The third kappa shape index (κ3) is 38.3. The van der Waals surface area contributed by atoms with Gasteiger partial charge in [0.25, 0.3) is 0 Å². The molecule has 302 valence electrons. The lowest BCUT2D eigenvalue weighted by Crippen LogP contribution is -2.29. The maximum atomic E-state index is 12.5. The SMILES string of the molecule is CCCCC/C=C\CCCCCCCC(=O)O[C@H](COC(=O)CCCCCCCCCCCCCCCCCCCC)COP(=O)(O)OCCN. The average molecular weight is 746 g/mol. The summed E-state index contributed by atoms with van der Waals surface area (Å²) in [5.41, 5.74) is 5.34. The minimum Gasteiger partial charge on any atom is -0.462 e. The van der Waals surface area contributed by atoms with E-state index in [2.05, 4.69) is 26.0 Å². The van der Waals surface area contributed by atoms with Crippen molar-refractivity contribution >= 4 is 19.8 Å². The molecule has 0 saturated carbocycles. The number of ether oxygens (including phenoxy) is 2. The first kappa shape index (κ1) is 49.8. The summed E-state index contributed by atoms with van der Waals surface area (Å²) in [7, 11) is -4.37. The van der Waals surface area contributed by atoms with Crippen molar-refractivity contribution in [1.82, 2.24) is 0 Å². The minimum atomic E-state index is -4.37. The molecule has 0 aliphatic rings. The number of carbonyl (C=O) groups is 2. The molecule has 0 aromatic carbocycles. The molecular weight excluding hydrogens is 665 g/mol. The Labute approximate surface area is 313 Å². The Morgan fingerprint density at radius 3 is 1.43 bits per heavy atom. The van der Waals surface area contributed by atoms with Crippen LogP contribution in [0.4, 0.5) is 0 Å². The lowest BCUT2D eigenvalue weighted by Gasteiger charge is -2.19. The summed E-state index contributed by atoms with van der Waals surface area (Å²) >= 11 is 0. The van der Waals surface area contributed by atoms with Gasteiger partial charge in [-0.3, -0.25) is 18.6 Å². The highest BCUT2D eigenvalue weighted by Crippen LogP contribution is 2.43. The number of hydrogen-bond donors (Lipinski definition) is 2. The van der Waals surface area contributed by atoms with Crippen molar-refractivity contribution in [1.29, 1.82) is 0 Å². The minimum absolute atomic E-state index is 0.0547. The zero-order chi connectivity index (χ0) is 37.5. The fourth-order valence-electron chi connectivity index (χ4n) is 5.98. The molecule has 0 saturated heterocycles. The zero-order valence-corrected chi connectivity index (χ0v) is 34.0. The van der Waals surface area contributed by atoms with E-state index in [1.165, 1.54) is 116 Å². The average Bonchev–Trinajstić information content (AvgIpc) is 3.11. The first-order chi connectivity index (χ1) is 24.8. The van der Waals surface area contributed by atoms with E-state index in [9.17, 15) is 19.0 Å². The molecule has 0 aromatic heterocycles. The normalized spacial score (nSPS) is 13.4. The van der Waals surface area contributed by atoms with E-state index in [1.807, 2.05) is 0 Å². The Morgan fingerprint density at radius 2 is 0.961 bits per heavy atom. The fourth-order valence-corrected chi connectivity index (χ4v) is 6.75. The number of unbranched alkanes of at least 4 members (excludes halogenated alkanes) is 25. The molecule has 0 fully saturated rings. The van der Waals surface area contributed by atoms with Crippen molar-refractivity contribution in [2.24, 2.45) is 5.73 Å². The predicted molar refractivity (Wildman–Crippen MR) is 211 cm³/mol. The van der Waals surface area contributed by atoms with Gasteiger partial charge in [0, 0.05) is 19.4 Å². The van der Waals surface area contributed by atoms with Gasteiger partial charge in [-0.2, -0.15) is 0 Å². The van der Waals surface area contributed by atoms with E-state index in [1.54, 1.807) is 0 Å². The van der Waals surface area contributed by atoms with E-state index >= 15 is 0 Å². The number of nitrogens with two attached hydrogens (primary N) is 1. The van der Waals surface area contributed by atoms with Gasteiger partial charge in [-0.05, 0) is 38.5 Å². The number of allylic oxidation sites excluding steroid dienone is 2. The van der Waals surface area contributed by atoms with Crippen LogP contribution in [0.3, 0.4) is 0 Å². The summed E-state index contributed by atoms with van der Waals surface area (Å²) in [5.74, 6) is -0.830. The first-order valence-corrected chi connectivity index (χ1v) is 22.7. The molecule has 0 heterocycles. The molecule has 10 heteroatoms.